The normalized spacial score (nSPS) is 15.4. The largest absolute Gasteiger partial charge is 0.497 e. The van der Waals surface area contributed by atoms with Crippen LogP contribution in [-0.4, -0.2) is 47.2 Å². The van der Waals surface area contributed by atoms with Crippen molar-refractivity contribution in [3.63, 3.8) is 0 Å². The zero-order valence-corrected chi connectivity index (χ0v) is 22.2. The Bertz CT molecular complexity index is 1350. The van der Waals surface area contributed by atoms with Gasteiger partial charge in [0.05, 0.1) is 30.8 Å². The van der Waals surface area contributed by atoms with Crippen LogP contribution in [0.25, 0.3) is 0 Å². The SMILES string of the molecule is COc1ccc(S(=O)(=O)N2C[C@@H](C(=O)NCCOc3ccccc3C(C)(C)C)Oc3ccccc32)cc1. The number of para-hydroxylation sites is 3. The van der Waals surface area contributed by atoms with Crippen LogP contribution in [-0.2, 0) is 20.2 Å². The van der Waals surface area contributed by atoms with Gasteiger partial charge in [0.2, 0.25) is 0 Å². The molecule has 37 heavy (non-hydrogen) atoms. The molecule has 3 aromatic rings. The molecule has 1 heterocycles. The maximum Gasteiger partial charge on any atom is 0.264 e. The summed E-state index contributed by atoms with van der Waals surface area (Å²) in [5, 5.41) is 2.81. The Morgan fingerprint density at radius 2 is 1.70 bits per heavy atom. The lowest BCUT2D eigenvalue weighted by atomic mass is 9.86. The van der Waals surface area contributed by atoms with E-state index in [1.165, 1.54) is 23.5 Å². The number of carbonyl (C=O) groups excluding carboxylic acids is 1. The Labute approximate surface area is 218 Å². The number of methoxy groups -OCH3 is 1. The molecule has 0 radical (unpaired) electrons. The van der Waals surface area contributed by atoms with Crippen molar-refractivity contribution < 1.29 is 27.4 Å². The topological polar surface area (TPSA) is 94.2 Å². The first-order chi connectivity index (χ1) is 17.6. The lowest BCUT2D eigenvalue weighted by molar-refractivity contribution is -0.127. The van der Waals surface area contributed by atoms with E-state index in [4.69, 9.17) is 14.2 Å². The molecule has 1 atom stereocenters. The van der Waals surface area contributed by atoms with Crippen LogP contribution < -0.4 is 23.8 Å². The number of anilines is 1. The van der Waals surface area contributed by atoms with Gasteiger partial charge in [-0.3, -0.25) is 9.10 Å². The highest BCUT2D eigenvalue weighted by Crippen LogP contribution is 2.37. The van der Waals surface area contributed by atoms with Crippen molar-refractivity contribution in [2.45, 2.75) is 37.2 Å². The molecule has 0 fully saturated rings. The second kappa shape index (κ2) is 10.7. The van der Waals surface area contributed by atoms with Gasteiger partial charge in [0.1, 0.15) is 23.9 Å². The van der Waals surface area contributed by atoms with Crippen LogP contribution >= 0.6 is 0 Å². The highest BCUT2D eigenvalue weighted by molar-refractivity contribution is 7.92. The molecule has 196 valence electrons. The molecular formula is C28H32N2O6S. The van der Waals surface area contributed by atoms with Gasteiger partial charge in [-0.15, -0.1) is 0 Å². The van der Waals surface area contributed by atoms with Crippen LogP contribution in [0.1, 0.15) is 26.3 Å². The molecule has 9 heteroatoms. The smallest absolute Gasteiger partial charge is 0.264 e. The summed E-state index contributed by atoms with van der Waals surface area (Å²) in [6, 6.07) is 20.7. The predicted octanol–water partition coefficient (Wildman–Crippen LogP) is 4.14. The van der Waals surface area contributed by atoms with E-state index >= 15 is 0 Å². The Morgan fingerprint density at radius 3 is 2.41 bits per heavy atom. The molecule has 1 N–H and O–H groups in total. The van der Waals surface area contributed by atoms with Gasteiger partial charge in [-0.2, -0.15) is 0 Å². The lowest BCUT2D eigenvalue weighted by Gasteiger charge is -2.34. The Balaban J connectivity index is 1.45. The highest BCUT2D eigenvalue weighted by atomic mass is 32.2. The molecular weight excluding hydrogens is 492 g/mol. The molecule has 0 saturated carbocycles. The molecule has 8 nitrogen and oxygen atoms in total. The van der Waals surface area contributed by atoms with Gasteiger partial charge in [0.15, 0.2) is 6.10 Å². The number of sulfonamides is 1. The number of fused-ring (bicyclic) bond motifs is 1. The number of benzene rings is 3. The van der Waals surface area contributed by atoms with Crippen molar-refractivity contribution in [1.82, 2.24) is 5.32 Å². The number of nitrogens with zero attached hydrogens (tertiary/aromatic N) is 1. The van der Waals surface area contributed by atoms with Crippen LogP contribution in [0.3, 0.4) is 0 Å². The minimum absolute atomic E-state index is 0.0813. The minimum Gasteiger partial charge on any atom is -0.497 e. The zero-order valence-electron chi connectivity index (χ0n) is 21.4. The maximum absolute atomic E-state index is 13.5. The van der Waals surface area contributed by atoms with Gasteiger partial charge >= 0.3 is 0 Å². The number of ether oxygens (including phenoxy) is 3. The van der Waals surface area contributed by atoms with E-state index in [0.717, 1.165) is 11.3 Å². The minimum atomic E-state index is -3.95. The summed E-state index contributed by atoms with van der Waals surface area (Å²) in [7, 11) is -2.44. The zero-order chi connectivity index (χ0) is 26.6. The summed E-state index contributed by atoms with van der Waals surface area (Å²) in [5.74, 6) is 1.22. The predicted molar refractivity (Wildman–Crippen MR) is 142 cm³/mol. The molecule has 0 spiro atoms. The van der Waals surface area contributed by atoms with Crippen molar-refractivity contribution in [1.29, 1.82) is 0 Å². The van der Waals surface area contributed by atoms with Crippen molar-refractivity contribution in [3.05, 3.63) is 78.4 Å². The number of nitrogens with one attached hydrogen (secondary N) is 1. The Kier molecular flexibility index (Phi) is 7.63. The van der Waals surface area contributed by atoms with Crippen LogP contribution in [0.4, 0.5) is 5.69 Å². The first-order valence-corrected chi connectivity index (χ1v) is 13.5. The van der Waals surface area contributed by atoms with Gasteiger partial charge in [-0.25, -0.2) is 8.42 Å². The molecule has 0 bridgehead atoms. The fourth-order valence-corrected chi connectivity index (χ4v) is 5.58. The average molecular weight is 525 g/mol. The van der Waals surface area contributed by atoms with E-state index in [9.17, 15) is 13.2 Å². The van der Waals surface area contributed by atoms with Crippen LogP contribution in [0.5, 0.6) is 17.2 Å². The van der Waals surface area contributed by atoms with Gasteiger partial charge in [-0.1, -0.05) is 51.1 Å². The summed E-state index contributed by atoms with van der Waals surface area (Å²) >= 11 is 0. The van der Waals surface area contributed by atoms with Crippen molar-refractivity contribution >= 4 is 21.6 Å². The quantitative estimate of drug-likeness (QED) is 0.445. The molecule has 1 aliphatic heterocycles. The summed E-state index contributed by atoms with van der Waals surface area (Å²) < 4.78 is 45.2. The maximum atomic E-state index is 13.5. The average Bonchev–Trinajstić information content (AvgIpc) is 2.90. The number of hydrogen-bond donors (Lipinski definition) is 1. The highest BCUT2D eigenvalue weighted by Gasteiger charge is 2.37. The second-order valence-corrected chi connectivity index (χ2v) is 11.5. The van der Waals surface area contributed by atoms with Gasteiger partial charge in [0, 0.05) is 0 Å². The van der Waals surface area contributed by atoms with E-state index in [-0.39, 0.29) is 30.0 Å². The van der Waals surface area contributed by atoms with Gasteiger partial charge in [0.25, 0.3) is 15.9 Å². The third kappa shape index (κ3) is 5.83. The van der Waals surface area contributed by atoms with E-state index in [0.29, 0.717) is 17.2 Å². The Morgan fingerprint density at radius 1 is 1.03 bits per heavy atom. The molecule has 1 amide bonds. The monoisotopic (exact) mass is 524 g/mol. The lowest BCUT2D eigenvalue weighted by Crippen LogP contribution is -2.51. The summed E-state index contributed by atoms with van der Waals surface area (Å²) in [4.78, 5) is 13.1. The van der Waals surface area contributed by atoms with Crippen molar-refractivity contribution in [2.75, 3.05) is 31.1 Å². The van der Waals surface area contributed by atoms with E-state index < -0.39 is 22.0 Å². The summed E-state index contributed by atoms with van der Waals surface area (Å²) in [6.45, 7) is 6.67. The number of carbonyl (C=O) groups is 1. The van der Waals surface area contributed by atoms with Gasteiger partial charge < -0.3 is 19.5 Å². The van der Waals surface area contributed by atoms with E-state index in [1.807, 2.05) is 24.3 Å². The third-order valence-corrected chi connectivity index (χ3v) is 7.82. The van der Waals surface area contributed by atoms with Gasteiger partial charge in [-0.05, 0) is 53.4 Å². The van der Waals surface area contributed by atoms with Crippen molar-refractivity contribution in [2.24, 2.45) is 0 Å². The van der Waals surface area contributed by atoms with E-state index in [1.54, 1.807) is 36.4 Å². The molecule has 0 aromatic heterocycles. The number of amides is 1. The second-order valence-electron chi connectivity index (χ2n) is 9.67. The summed E-state index contributed by atoms with van der Waals surface area (Å²) in [5.41, 5.74) is 1.37. The third-order valence-electron chi connectivity index (χ3n) is 6.03. The molecule has 0 aliphatic carbocycles. The van der Waals surface area contributed by atoms with Crippen LogP contribution in [0, 0.1) is 0 Å². The summed E-state index contributed by atoms with van der Waals surface area (Å²) in [6.07, 6.45) is -1.02. The fraction of sp³-hybridized carbons (Fsp3) is 0.321. The molecule has 0 saturated heterocycles. The standard InChI is InChI=1S/C28H32N2O6S/c1-28(2,3)22-9-5-7-11-24(22)35-18-17-29-27(31)26-19-30(23-10-6-8-12-25(23)36-26)37(32,33)21-15-13-20(34-4)14-16-21/h5-16,26H,17-19H2,1-4H3,(H,29,31)/t26-/m0/s1. The first-order valence-electron chi connectivity index (χ1n) is 12.0. The van der Waals surface area contributed by atoms with Crippen molar-refractivity contribution in [3.8, 4) is 17.2 Å². The Hall–Kier alpha value is -3.72. The number of hydrogen-bond acceptors (Lipinski definition) is 6. The fourth-order valence-electron chi connectivity index (χ4n) is 4.10. The molecule has 3 aromatic carbocycles. The first kappa shape index (κ1) is 26.3. The van der Waals surface area contributed by atoms with Crippen LogP contribution in [0.2, 0.25) is 0 Å². The number of rotatable bonds is 8. The van der Waals surface area contributed by atoms with Crippen LogP contribution in [0.15, 0.2) is 77.7 Å². The molecule has 4 rings (SSSR count). The molecule has 1 aliphatic rings. The molecule has 0 unspecified atom stereocenters. The van der Waals surface area contributed by atoms with E-state index in [2.05, 4.69) is 26.1 Å².